The minimum absolute atomic E-state index is 0.0137. The number of nitrogens with one attached hydrogen (secondary N) is 2. The highest BCUT2D eigenvalue weighted by atomic mass is 32.1. The predicted molar refractivity (Wildman–Crippen MR) is 98.7 cm³/mol. The molecule has 9 heteroatoms. The number of urea groups is 1. The molecular weight excluding hydrogens is 354 g/mol. The Morgan fingerprint density at radius 2 is 1.88 bits per heavy atom. The summed E-state index contributed by atoms with van der Waals surface area (Å²) in [5.74, 6) is -0.434. The molecule has 0 aromatic carbocycles. The summed E-state index contributed by atoms with van der Waals surface area (Å²) in [5.41, 5.74) is 5.96. The number of likely N-dealkylation sites (tertiary alicyclic amines) is 1. The first-order valence-electron chi connectivity index (χ1n) is 9.10. The molecular formula is C17H25N5O3S. The van der Waals surface area contributed by atoms with Crippen molar-refractivity contribution in [3.05, 3.63) is 11.1 Å². The molecule has 1 aliphatic heterocycles. The smallest absolute Gasteiger partial charge is 0.321 e. The van der Waals surface area contributed by atoms with Gasteiger partial charge in [-0.3, -0.25) is 14.9 Å². The van der Waals surface area contributed by atoms with Crippen LogP contribution in [0.4, 0.5) is 9.93 Å². The van der Waals surface area contributed by atoms with Gasteiger partial charge in [0, 0.05) is 30.4 Å². The highest BCUT2D eigenvalue weighted by molar-refractivity contribution is 7.13. The lowest BCUT2D eigenvalue weighted by Gasteiger charge is -2.30. The number of carbonyl (C=O) groups excluding carboxylic acids is 3. The fourth-order valence-electron chi connectivity index (χ4n) is 3.51. The van der Waals surface area contributed by atoms with Crippen molar-refractivity contribution in [1.82, 2.24) is 15.2 Å². The topological polar surface area (TPSA) is 117 Å². The van der Waals surface area contributed by atoms with Gasteiger partial charge in [-0.05, 0) is 25.7 Å². The Kier molecular flexibility index (Phi) is 6.08. The summed E-state index contributed by atoms with van der Waals surface area (Å²) in [6, 6.07) is 0.0111. The molecule has 2 aliphatic rings. The molecule has 1 saturated heterocycles. The molecule has 1 saturated carbocycles. The maximum atomic E-state index is 12.4. The Hall–Kier alpha value is -2.16. The number of rotatable bonds is 5. The van der Waals surface area contributed by atoms with Crippen molar-refractivity contribution in [2.45, 2.75) is 51.0 Å². The van der Waals surface area contributed by atoms with Crippen molar-refractivity contribution in [1.29, 1.82) is 0 Å². The molecule has 142 valence electrons. The van der Waals surface area contributed by atoms with Crippen molar-refractivity contribution in [2.75, 3.05) is 18.4 Å². The van der Waals surface area contributed by atoms with E-state index in [2.05, 4.69) is 15.6 Å². The van der Waals surface area contributed by atoms with Crippen LogP contribution in [-0.2, 0) is 16.0 Å². The molecule has 1 aliphatic carbocycles. The third kappa shape index (κ3) is 4.94. The fraction of sp³-hybridized carbons (Fsp3) is 0.647. The lowest BCUT2D eigenvalue weighted by atomic mass is 9.96. The molecule has 1 aromatic rings. The standard InChI is InChI=1S/C17H25N5O3S/c18-15(24)11-5-7-22(8-6-11)14(23)9-13-10-26-17(20-13)21-16(25)19-12-3-1-2-4-12/h10-12H,1-9H2,(H2,18,24)(H2,19,20,21,25). The summed E-state index contributed by atoms with van der Waals surface area (Å²) in [5, 5.41) is 7.97. The number of primary amides is 1. The zero-order valence-corrected chi connectivity index (χ0v) is 15.5. The fourth-order valence-corrected chi connectivity index (χ4v) is 4.22. The number of anilines is 1. The minimum atomic E-state index is -0.289. The summed E-state index contributed by atoms with van der Waals surface area (Å²) in [7, 11) is 0. The lowest BCUT2D eigenvalue weighted by molar-refractivity contribution is -0.134. The van der Waals surface area contributed by atoms with Crippen molar-refractivity contribution >= 4 is 34.3 Å². The van der Waals surface area contributed by atoms with Crippen molar-refractivity contribution in [3.8, 4) is 0 Å². The van der Waals surface area contributed by atoms with Crippen LogP contribution in [0.25, 0.3) is 0 Å². The lowest BCUT2D eigenvalue weighted by Crippen LogP contribution is -2.42. The number of hydrogen-bond acceptors (Lipinski definition) is 5. The van der Waals surface area contributed by atoms with E-state index in [1.54, 1.807) is 10.3 Å². The van der Waals surface area contributed by atoms with Crippen molar-refractivity contribution in [2.24, 2.45) is 11.7 Å². The van der Waals surface area contributed by atoms with Gasteiger partial charge in [0.25, 0.3) is 0 Å². The molecule has 0 radical (unpaired) electrons. The number of hydrogen-bond donors (Lipinski definition) is 3. The van der Waals surface area contributed by atoms with E-state index in [1.165, 1.54) is 11.3 Å². The normalized spacial score (nSPS) is 18.7. The first-order chi connectivity index (χ1) is 12.5. The molecule has 26 heavy (non-hydrogen) atoms. The van der Waals surface area contributed by atoms with Gasteiger partial charge in [0.05, 0.1) is 12.1 Å². The van der Waals surface area contributed by atoms with Crippen LogP contribution in [0, 0.1) is 5.92 Å². The molecule has 0 bridgehead atoms. The van der Waals surface area contributed by atoms with Gasteiger partial charge in [0.15, 0.2) is 5.13 Å². The van der Waals surface area contributed by atoms with Gasteiger partial charge in [0.1, 0.15) is 0 Å². The van der Waals surface area contributed by atoms with Crippen LogP contribution in [0.3, 0.4) is 0 Å². The second-order valence-corrected chi connectivity index (χ2v) is 7.82. The molecule has 0 unspecified atom stereocenters. The Balaban J connectivity index is 1.45. The third-order valence-corrected chi connectivity index (χ3v) is 5.85. The Morgan fingerprint density at radius 3 is 2.54 bits per heavy atom. The first-order valence-corrected chi connectivity index (χ1v) is 9.98. The highest BCUT2D eigenvalue weighted by Crippen LogP contribution is 2.21. The van der Waals surface area contributed by atoms with E-state index in [4.69, 9.17) is 5.73 Å². The van der Waals surface area contributed by atoms with Crippen LogP contribution < -0.4 is 16.4 Å². The largest absolute Gasteiger partial charge is 0.369 e. The number of thiazole rings is 1. The zero-order chi connectivity index (χ0) is 18.5. The van der Waals surface area contributed by atoms with E-state index in [-0.39, 0.29) is 36.2 Å². The van der Waals surface area contributed by atoms with Crippen molar-refractivity contribution in [3.63, 3.8) is 0 Å². The van der Waals surface area contributed by atoms with Crippen LogP contribution in [0.15, 0.2) is 5.38 Å². The predicted octanol–water partition coefficient (Wildman–Crippen LogP) is 1.47. The number of nitrogens with zero attached hydrogens (tertiary/aromatic N) is 2. The summed E-state index contributed by atoms with van der Waals surface area (Å²) < 4.78 is 0. The van der Waals surface area contributed by atoms with E-state index in [0.29, 0.717) is 36.8 Å². The summed E-state index contributed by atoms with van der Waals surface area (Å²) in [6.45, 7) is 1.09. The average Bonchev–Trinajstić information content (AvgIpc) is 3.27. The molecule has 3 rings (SSSR count). The van der Waals surface area contributed by atoms with Crippen LogP contribution in [0.5, 0.6) is 0 Å². The van der Waals surface area contributed by atoms with Crippen LogP contribution >= 0.6 is 11.3 Å². The first kappa shape index (κ1) is 18.6. The number of carbonyl (C=O) groups is 3. The summed E-state index contributed by atoms with van der Waals surface area (Å²) in [6.07, 6.45) is 5.80. The monoisotopic (exact) mass is 379 g/mol. The molecule has 4 amide bonds. The SMILES string of the molecule is NC(=O)C1CCN(C(=O)Cc2csc(NC(=O)NC3CCCC3)n2)CC1. The van der Waals surface area contributed by atoms with Gasteiger partial charge in [-0.25, -0.2) is 9.78 Å². The molecule has 8 nitrogen and oxygen atoms in total. The zero-order valence-electron chi connectivity index (χ0n) is 14.7. The van der Waals surface area contributed by atoms with E-state index >= 15 is 0 Å². The van der Waals surface area contributed by atoms with Crippen LogP contribution in [0.2, 0.25) is 0 Å². The summed E-state index contributed by atoms with van der Waals surface area (Å²) >= 11 is 1.31. The quantitative estimate of drug-likeness (QED) is 0.718. The van der Waals surface area contributed by atoms with Crippen LogP contribution in [-0.4, -0.2) is 46.9 Å². The third-order valence-electron chi connectivity index (χ3n) is 5.04. The Bertz CT molecular complexity index is 663. The number of piperidine rings is 1. The maximum Gasteiger partial charge on any atom is 0.321 e. The molecule has 0 spiro atoms. The number of nitrogens with two attached hydrogens (primary N) is 1. The second kappa shape index (κ2) is 8.48. The molecule has 2 fully saturated rings. The number of amides is 4. The average molecular weight is 379 g/mol. The van der Waals surface area contributed by atoms with Crippen LogP contribution in [0.1, 0.15) is 44.2 Å². The van der Waals surface area contributed by atoms with Gasteiger partial charge < -0.3 is 16.0 Å². The van der Waals surface area contributed by atoms with E-state index < -0.39 is 0 Å². The molecule has 0 atom stereocenters. The van der Waals surface area contributed by atoms with Gasteiger partial charge in [-0.2, -0.15) is 0 Å². The molecule has 2 heterocycles. The highest BCUT2D eigenvalue weighted by Gasteiger charge is 2.26. The Morgan fingerprint density at radius 1 is 1.19 bits per heavy atom. The second-order valence-electron chi connectivity index (χ2n) is 6.96. The van der Waals surface area contributed by atoms with Gasteiger partial charge >= 0.3 is 6.03 Å². The Labute approximate surface area is 156 Å². The molecule has 4 N–H and O–H groups in total. The number of aromatic nitrogens is 1. The van der Waals surface area contributed by atoms with Gasteiger partial charge in [0.2, 0.25) is 11.8 Å². The molecule has 1 aromatic heterocycles. The van der Waals surface area contributed by atoms with Gasteiger partial charge in [-0.1, -0.05) is 12.8 Å². The van der Waals surface area contributed by atoms with Gasteiger partial charge in [-0.15, -0.1) is 11.3 Å². The van der Waals surface area contributed by atoms with E-state index in [9.17, 15) is 14.4 Å². The summed E-state index contributed by atoms with van der Waals surface area (Å²) in [4.78, 5) is 41.6. The maximum absolute atomic E-state index is 12.4. The van der Waals surface area contributed by atoms with E-state index in [0.717, 1.165) is 25.7 Å². The van der Waals surface area contributed by atoms with Crippen molar-refractivity contribution < 1.29 is 14.4 Å². The van der Waals surface area contributed by atoms with E-state index in [1.807, 2.05) is 0 Å². The minimum Gasteiger partial charge on any atom is -0.369 e.